The fraction of sp³-hybridized carbons (Fsp3) is 0.250. The number of aromatic nitrogens is 3. The van der Waals surface area contributed by atoms with Crippen molar-refractivity contribution in [2.75, 3.05) is 0 Å². The fourth-order valence-corrected chi connectivity index (χ4v) is 2.44. The molecule has 0 aliphatic rings. The summed E-state index contributed by atoms with van der Waals surface area (Å²) in [5, 5.41) is 7.19. The number of rotatable bonds is 4. The van der Waals surface area contributed by atoms with Crippen LogP contribution in [-0.4, -0.2) is 20.7 Å². The molecule has 0 aliphatic heterocycles. The summed E-state index contributed by atoms with van der Waals surface area (Å²) < 4.78 is 1.80. The van der Waals surface area contributed by atoms with Crippen molar-refractivity contribution in [1.82, 2.24) is 20.1 Å². The van der Waals surface area contributed by atoms with E-state index in [9.17, 15) is 4.79 Å². The van der Waals surface area contributed by atoms with Crippen LogP contribution in [0.25, 0.3) is 11.1 Å². The highest BCUT2D eigenvalue weighted by molar-refractivity contribution is 5.93. The monoisotopic (exact) mass is 334 g/mol. The van der Waals surface area contributed by atoms with Crippen LogP contribution in [0.4, 0.5) is 0 Å². The van der Waals surface area contributed by atoms with Gasteiger partial charge in [0.05, 0.1) is 17.3 Å². The summed E-state index contributed by atoms with van der Waals surface area (Å²) in [6.07, 6.45) is 6.98. The van der Waals surface area contributed by atoms with Crippen LogP contribution < -0.4 is 5.32 Å². The maximum atomic E-state index is 12.3. The van der Waals surface area contributed by atoms with E-state index in [0.29, 0.717) is 12.1 Å². The molecular weight excluding hydrogens is 312 g/mol. The highest BCUT2D eigenvalue weighted by Gasteiger charge is 2.16. The van der Waals surface area contributed by atoms with E-state index in [-0.39, 0.29) is 11.4 Å². The topological polar surface area (TPSA) is 59.8 Å². The number of carbonyl (C=O) groups excluding carboxylic acids is 1. The van der Waals surface area contributed by atoms with Gasteiger partial charge < -0.3 is 5.32 Å². The third-order valence-electron chi connectivity index (χ3n) is 3.93. The maximum absolute atomic E-state index is 12.3. The molecule has 3 rings (SSSR count). The molecule has 0 saturated heterocycles. The summed E-state index contributed by atoms with van der Waals surface area (Å²) in [6, 6.07) is 12.0. The van der Waals surface area contributed by atoms with Gasteiger partial charge >= 0.3 is 0 Å². The first-order chi connectivity index (χ1) is 11.9. The Hall–Kier alpha value is -2.95. The van der Waals surface area contributed by atoms with E-state index in [1.807, 2.05) is 63.4 Å². The molecule has 5 nitrogen and oxygen atoms in total. The highest BCUT2D eigenvalue weighted by Crippen LogP contribution is 2.18. The van der Waals surface area contributed by atoms with Crippen LogP contribution in [0.3, 0.4) is 0 Å². The summed E-state index contributed by atoms with van der Waals surface area (Å²) >= 11 is 0. The Labute approximate surface area is 147 Å². The van der Waals surface area contributed by atoms with Gasteiger partial charge in [-0.1, -0.05) is 30.3 Å². The van der Waals surface area contributed by atoms with Crippen molar-refractivity contribution in [1.29, 1.82) is 0 Å². The predicted molar refractivity (Wildman–Crippen MR) is 98.1 cm³/mol. The van der Waals surface area contributed by atoms with Gasteiger partial charge in [0.25, 0.3) is 5.91 Å². The van der Waals surface area contributed by atoms with Crippen LogP contribution in [-0.2, 0) is 12.1 Å². The van der Waals surface area contributed by atoms with Crippen LogP contribution in [0, 0.1) is 0 Å². The number of nitrogens with zero attached hydrogens (tertiary/aromatic N) is 3. The zero-order chi connectivity index (χ0) is 17.9. The Morgan fingerprint density at radius 1 is 1.08 bits per heavy atom. The molecule has 1 aromatic carbocycles. The summed E-state index contributed by atoms with van der Waals surface area (Å²) in [5.74, 6) is -0.119. The average molecular weight is 334 g/mol. The van der Waals surface area contributed by atoms with Gasteiger partial charge in [0.2, 0.25) is 0 Å². The third-order valence-corrected chi connectivity index (χ3v) is 3.93. The van der Waals surface area contributed by atoms with Gasteiger partial charge in [-0.05, 0) is 43.5 Å². The van der Waals surface area contributed by atoms with E-state index in [1.54, 1.807) is 23.3 Å². The fourth-order valence-electron chi connectivity index (χ4n) is 2.44. The average Bonchev–Trinajstić information content (AvgIpc) is 3.11. The van der Waals surface area contributed by atoms with E-state index < -0.39 is 0 Å². The van der Waals surface area contributed by atoms with Gasteiger partial charge in [-0.2, -0.15) is 5.10 Å². The van der Waals surface area contributed by atoms with E-state index in [0.717, 1.165) is 16.7 Å². The van der Waals surface area contributed by atoms with Crippen molar-refractivity contribution in [2.45, 2.75) is 32.9 Å². The van der Waals surface area contributed by atoms with Gasteiger partial charge in [-0.15, -0.1) is 0 Å². The lowest BCUT2D eigenvalue weighted by Gasteiger charge is -2.18. The lowest BCUT2D eigenvalue weighted by atomic mass is 10.1. The first kappa shape index (κ1) is 16.9. The zero-order valence-electron chi connectivity index (χ0n) is 14.7. The Balaban J connectivity index is 1.62. The SMILES string of the molecule is CC(C)(C)n1cc(C(=O)NCc2ccc(-c3cccnc3)cc2)cn1. The minimum Gasteiger partial charge on any atom is -0.348 e. The van der Waals surface area contributed by atoms with E-state index in [1.165, 1.54) is 0 Å². The molecule has 0 fully saturated rings. The molecule has 0 radical (unpaired) electrons. The predicted octanol–water partition coefficient (Wildman–Crippen LogP) is 3.63. The van der Waals surface area contributed by atoms with Crippen LogP contribution >= 0.6 is 0 Å². The van der Waals surface area contributed by atoms with Crippen molar-refractivity contribution < 1.29 is 4.79 Å². The number of hydrogen-bond donors (Lipinski definition) is 1. The van der Waals surface area contributed by atoms with Crippen LogP contribution in [0.15, 0.2) is 61.2 Å². The molecule has 2 heterocycles. The molecule has 0 atom stereocenters. The Kier molecular flexibility index (Phi) is 4.65. The number of hydrogen-bond acceptors (Lipinski definition) is 3. The molecule has 1 N–H and O–H groups in total. The maximum Gasteiger partial charge on any atom is 0.254 e. The van der Waals surface area contributed by atoms with Crippen molar-refractivity contribution >= 4 is 5.91 Å². The van der Waals surface area contributed by atoms with Crippen LogP contribution in [0.2, 0.25) is 0 Å². The molecule has 3 aromatic rings. The number of pyridine rings is 1. The van der Waals surface area contributed by atoms with E-state index in [2.05, 4.69) is 15.4 Å². The lowest BCUT2D eigenvalue weighted by Crippen LogP contribution is -2.24. The Morgan fingerprint density at radius 3 is 2.44 bits per heavy atom. The lowest BCUT2D eigenvalue weighted by molar-refractivity contribution is 0.0950. The number of nitrogens with one attached hydrogen (secondary N) is 1. The molecular formula is C20H22N4O. The third kappa shape index (κ3) is 4.12. The van der Waals surface area contributed by atoms with Crippen molar-refractivity contribution in [3.8, 4) is 11.1 Å². The normalized spacial score (nSPS) is 11.3. The molecule has 0 aliphatic carbocycles. The quantitative estimate of drug-likeness (QED) is 0.792. The summed E-state index contributed by atoms with van der Waals surface area (Å²) in [5.41, 5.74) is 3.66. The molecule has 1 amide bonds. The van der Waals surface area contributed by atoms with Crippen molar-refractivity contribution in [3.63, 3.8) is 0 Å². The molecule has 128 valence electrons. The summed E-state index contributed by atoms with van der Waals surface area (Å²) in [7, 11) is 0. The second-order valence-corrected chi connectivity index (χ2v) is 6.97. The highest BCUT2D eigenvalue weighted by atomic mass is 16.1. The number of amides is 1. The zero-order valence-corrected chi connectivity index (χ0v) is 14.7. The van der Waals surface area contributed by atoms with Gasteiger partial charge in [0.1, 0.15) is 0 Å². The summed E-state index contributed by atoms with van der Waals surface area (Å²) in [6.45, 7) is 6.62. The summed E-state index contributed by atoms with van der Waals surface area (Å²) in [4.78, 5) is 16.4. The Bertz CT molecular complexity index is 845. The standard InChI is InChI=1S/C20H22N4O/c1-20(2,3)24-14-18(13-23-24)19(25)22-11-15-6-8-16(9-7-15)17-5-4-10-21-12-17/h4-10,12-14H,11H2,1-3H3,(H,22,25). The first-order valence-electron chi connectivity index (χ1n) is 8.26. The molecule has 25 heavy (non-hydrogen) atoms. The van der Waals surface area contributed by atoms with Gasteiger partial charge in [-0.25, -0.2) is 0 Å². The largest absolute Gasteiger partial charge is 0.348 e. The molecule has 0 saturated carbocycles. The molecule has 0 bridgehead atoms. The molecule has 2 aromatic heterocycles. The van der Waals surface area contributed by atoms with E-state index in [4.69, 9.17) is 0 Å². The van der Waals surface area contributed by atoms with E-state index >= 15 is 0 Å². The second-order valence-electron chi connectivity index (χ2n) is 6.97. The van der Waals surface area contributed by atoms with Crippen LogP contribution in [0.5, 0.6) is 0 Å². The van der Waals surface area contributed by atoms with Gasteiger partial charge in [-0.3, -0.25) is 14.5 Å². The molecule has 0 unspecified atom stereocenters. The van der Waals surface area contributed by atoms with Gasteiger partial charge in [0, 0.05) is 25.1 Å². The Morgan fingerprint density at radius 2 is 1.84 bits per heavy atom. The number of carbonyl (C=O) groups is 1. The minimum absolute atomic E-state index is 0.119. The van der Waals surface area contributed by atoms with Gasteiger partial charge in [0.15, 0.2) is 0 Å². The molecule has 5 heteroatoms. The van der Waals surface area contributed by atoms with Crippen LogP contribution in [0.1, 0.15) is 36.7 Å². The second kappa shape index (κ2) is 6.89. The van der Waals surface area contributed by atoms with Crippen molar-refractivity contribution in [3.05, 3.63) is 72.3 Å². The van der Waals surface area contributed by atoms with Crippen molar-refractivity contribution in [2.24, 2.45) is 0 Å². The molecule has 0 spiro atoms. The first-order valence-corrected chi connectivity index (χ1v) is 8.26. The number of benzene rings is 1. The smallest absolute Gasteiger partial charge is 0.254 e. The minimum atomic E-state index is -0.138.